The van der Waals surface area contributed by atoms with Crippen LogP contribution in [-0.4, -0.2) is 4.68 Å². The Balaban J connectivity index is 0.00000169. The predicted molar refractivity (Wildman–Crippen MR) is 44.2 cm³/mol. The number of hydrogen-bond acceptors (Lipinski definition) is 0. The van der Waals surface area contributed by atoms with E-state index in [4.69, 9.17) is 0 Å². The molecule has 0 aliphatic heterocycles. The van der Waals surface area contributed by atoms with Crippen molar-refractivity contribution < 1.29 is 30.3 Å². The minimum absolute atomic E-state index is 0. The molecule has 0 fully saturated rings. The van der Waals surface area contributed by atoms with E-state index in [0.717, 1.165) is 10.7 Å². The molecule has 0 aromatic carbocycles. The van der Waals surface area contributed by atoms with Crippen LogP contribution in [0, 0.1) is 0 Å². The molecule has 0 aliphatic carbocycles. The van der Waals surface area contributed by atoms with Crippen LogP contribution in [0.2, 0.25) is 0 Å². The summed E-state index contributed by atoms with van der Waals surface area (Å²) in [6, 6.07) is 1.13. The van der Waals surface area contributed by atoms with Gasteiger partial charge in [0.2, 0.25) is 0 Å². The lowest BCUT2D eigenvalue weighted by Crippen LogP contribution is -3.00. The fourth-order valence-electron chi connectivity index (χ4n) is 1.09. The van der Waals surface area contributed by atoms with E-state index in [1.165, 1.54) is 11.7 Å². The van der Waals surface area contributed by atoms with Crippen LogP contribution in [-0.2, 0) is 25.6 Å². The van der Waals surface area contributed by atoms with Crippen LogP contribution in [0.25, 0.3) is 0 Å². The molecule has 0 unspecified atom stereocenters. The molecule has 2 nitrogen and oxygen atoms in total. The third kappa shape index (κ3) is 2.42. The normalized spacial score (nSPS) is 11.3. The third-order valence-electron chi connectivity index (χ3n) is 1.94. The number of halogens is 5. The van der Waals surface area contributed by atoms with E-state index < -0.39 is 11.9 Å². The number of rotatable bonds is 1. The fourth-order valence-corrected chi connectivity index (χ4v) is 1.61. The summed E-state index contributed by atoms with van der Waals surface area (Å²) < 4.78 is 39.5. The molecule has 1 rings (SSSR count). The first-order chi connectivity index (χ1) is 5.88. The topological polar surface area (TPSA) is 8.81 Å². The lowest BCUT2D eigenvalue weighted by Gasteiger charge is -1.99. The zero-order valence-electron chi connectivity index (χ0n) is 7.57. The molecule has 0 radical (unpaired) electrons. The second kappa shape index (κ2) is 4.53. The van der Waals surface area contributed by atoms with E-state index in [-0.39, 0.29) is 12.4 Å². The van der Waals surface area contributed by atoms with Gasteiger partial charge in [0.15, 0.2) is 7.05 Å². The van der Waals surface area contributed by atoms with Crippen molar-refractivity contribution in [1.82, 2.24) is 4.68 Å². The van der Waals surface area contributed by atoms with Gasteiger partial charge in [-0.25, -0.2) is 0 Å². The Hall–Kier alpha value is -0.230. The van der Waals surface area contributed by atoms with Gasteiger partial charge in [0.25, 0.3) is 0 Å². The Morgan fingerprint density at radius 1 is 1.50 bits per heavy atom. The van der Waals surface area contributed by atoms with E-state index in [1.54, 1.807) is 7.05 Å². The summed E-state index contributed by atoms with van der Waals surface area (Å²) in [6.45, 7) is 0. The lowest BCUT2D eigenvalue weighted by atomic mass is 10.3. The summed E-state index contributed by atoms with van der Waals surface area (Å²) in [5.41, 5.74) is -0.0423. The molecule has 1 aromatic heterocycles. The average Bonchev–Trinajstić information content (AvgIpc) is 2.28. The standard InChI is InChI=1S/C7H9BrF3N2.ClH/c1-12-5(4-8)3-6(13(12)2)7(9,10)11;/h3H,4H2,1-2H3;1H/q+1;/p-1. The molecule has 1 heterocycles. The van der Waals surface area contributed by atoms with Crippen molar-refractivity contribution in [3.05, 3.63) is 17.5 Å². The van der Waals surface area contributed by atoms with Crippen LogP contribution < -0.4 is 17.1 Å². The Kier molecular flexibility index (Phi) is 4.45. The van der Waals surface area contributed by atoms with Gasteiger partial charge in [-0.15, -0.1) is 4.68 Å². The van der Waals surface area contributed by atoms with Gasteiger partial charge in [0.1, 0.15) is 0 Å². The van der Waals surface area contributed by atoms with Gasteiger partial charge in [0, 0.05) is 11.4 Å². The van der Waals surface area contributed by atoms with Crippen molar-refractivity contribution in [2.24, 2.45) is 14.1 Å². The smallest absolute Gasteiger partial charge is 0.479 e. The van der Waals surface area contributed by atoms with Gasteiger partial charge in [-0.1, -0.05) is 15.9 Å². The maximum atomic E-state index is 12.3. The molecular formula is C7H9BrClF3N2. The maximum absolute atomic E-state index is 12.3. The zero-order chi connectivity index (χ0) is 10.2. The fraction of sp³-hybridized carbons (Fsp3) is 0.571. The van der Waals surface area contributed by atoms with Crippen molar-refractivity contribution in [2.75, 3.05) is 0 Å². The van der Waals surface area contributed by atoms with Crippen molar-refractivity contribution in [2.45, 2.75) is 11.5 Å². The van der Waals surface area contributed by atoms with Crippen LogP contribution in [0.15, 0.2) is 6.07 Å². The minimum Gasteiger partial charge on any atom is -1.00 e. The molecule has 0 aliphatic rings. The maximum Gasteiger partial charge on any atom is 0.479 e. The molecule has 0 atom stereocenters. The summed E-state index contributed by atoms with van der Waals surface area (Å²) in [5, 5.41) is 0.410. The highest BCUT2D eigenvalue weighted by atomic mass is 79.9. The summed E-state index contributed by atoms with van der Waals surface area (Å²) in [4.78, 5) is 0. The van der Waals surface area contributed by atoms with Gasteiger partial charge in [-0.2, -0.15) is 17.9 Å². The molecule has 14 heavy (non-hydrogen) atoms. The van der Waals surface area contributed by atoms with Crippen LogP contribution in [0.3, 0.4) is 0 Å². The van der Waals surface area contributed by atoms with E-state index in [2.05, 4.69) is 15.9 Å². The first-order valence-corrected chi connectivity index (χ1v) is 4.68. The Labute approximate surface area is 94.2 Å². The Morgan fingerprint density at radius 3 is 2.21 bits per heavy atom. The third-order valence-corrected chi connectivity index (χ3v) is 2.52. The summed E-state index contributed by atoms with van der Waals surface area (Å²) >= 11 is 3.12. The second-order valence-electron chi connectivity index (χ2n) is 2.70. The predicted octanol–water partition coefficient (Wildman–Crippen LogP) is -1.23. The van der Waals surface area contributed by atoms with Crippen molar-refractivity contribution in [1.29, 1.82) is 0 Å². The molecule has 82 valence electrons. The molecule has 0 N–H and O–H groups in total. The van der Waals surface area contributed by atoms with Crippen LogP contribution in [0.1, 0.15) is 11.4 Å². The number of hydrogen-bond donors (Lipinski definition) is 0. The Bertz CT molecular complexity index is 321. The van der Waals surface area contributed by atoms with Crippen molar-refractivity contribution in [3.63, 3.8) is 0 Å². The molecule has 0 bridgehead atoms. The van der Waals surface area contributed by atoms with Gasteiger partial charge in [-0.3, -0.25) is 0 Å². The van der Waals surface area contributed by atoms with E-state index in [9.17, 15) is 13.2 Å². The second-order valence-corrected chi connectivity index (χ2v) is 3.26. The van der Waals surface area contributed by atoms with Gasteiger partial charge >= 0.3 is 11.9 Å². The van der Waals surface area contributed by atoms with E-state index in [0.29, 0.717) is 11.0 Å². The SMILES string of the molecule is Cn1c(CBr)cc(C(F)(F)F)[n+]1C.[Cl-]. The van der Waals surface area contributed by atoms with E-state index in [1.807, 2.05) is 0 Å². The summed E-state index contributed by atoms with van der Waals surface area (Å²) in [7, 11) is 2.97. The molecule has 0 saturated carbocycles. The van der Waals surface area contributed by atoms with Crippen LogP contribution in [0.4, 0.5) is 13.2 Å². The highest BCUT2D eigenvalue weighted by molar-refractivity contribution is 9.08. The summed E-state index contributed by atoms with van der Waals surface area (Å²) in [5.74, 6) is 0. The number of nitrogens with zero attached hydrogens (tertiary/aromatic N) is 2. The molecule has 0 amide bonds. The van der Waals surface area contributed by atoms with Gasteiger partial charge < -0.3 is 12.4 Å². The molecule has 7 heteroatoms. The quantitative estimate of drug-likeness (QED) is 0.453. The molecule has 0 saturated heterocycles. The molecule has 1 aromatic rings. The lowest BCUT2D eigenvalue weighted by molar-refractivity contribution is -0.766. The monoisotopic (exact) mass is 292 g/mol. The Morgan fingerprint density at radius 2 is 2.00 bits per heavy atom. The first kappa shape index (κ1) is 13.8. The van der Waals surface area contributed by atoms with Crippen LogP contribution >= 0.6 is 15.9 Å². The van der Waals surface area contributed by atoms with Gasteiger partial charge in [0.05, 0.1) is 12.7 Å². The highest BCUT2D eigenvalue weighted by Crippen LogP contribution is 2.27. The van der Waals surface area contributed by atoms with Crippen molar-refractivity contribution >= 4 is 15.9 Å². The zero-order valence-corrected chi connectivity index (χ0v) is 9.91. The van der Waals surface area contributed by atoms with Crippen LogP contribution in [0.5, 0.6) is 0 Å². The van der Waals surface area contributed by atoms with E-state index >= 15 is 0 Å². The summed E-state index contributed by atoms with van der Waals surface area (Å²) in [6.07, 6.45) is -4.28. The number of aromatic nitrogens is 2. The number of alkyl halides is 4. The minimum atomic E-state index is -4.28. The first-order valence-electron chi connectivity index (χ1n) is 3.56. The van der Waals surface area contributed by atoms with Crippen molar-refractivity contribution in [3.8, 4) is 0 Å². The largest absolute Gasteiger partial charge is 1.00 e. The molecular weight excluding hydrogens is 284 g/mol. The average molecular weight is 294 g/mol. The highest BCUT2D eigenvalue weighted by Gasteiger charge is 2.42. The van der Waals surface area contributed by atoms with Gasteiger partial charge in [-0.05, 0) is 0 Å². The molecule has 0 spiro atoms.